The molecule has 0 amide bonds. The number of piperidine rings is 1. The third-order valence-corrected chi connectivity index (χ3v) is 4.84. The van der Waals surface area contributed by atoms with Crippen molar-refractivity contribution in [2.75, 3.05) is 24.6 Å². The van der Waals surface area contributed by atoms with Crippen molar-refractivity contribution in [3.63, 3.8) is 0 Å². The maximum absolute atomic E-state index is 12.7. The van der Waals surface area contributed by atoms with E-state index in [2.05, 4.69) is 24.8 Å². The van der Waals surface area contributed by atoms with Crippen molar-refractivity contribution in [2.24, 2.45) is 5.92 Å². The van der Waals surface area contributed by atoms with Gasteiger partial charge in [0.05, 0.1) is 18.3 Å². The average molecular weight is 389 g/mol. The lowest BCUT2D eigenvalue weighted by Gasteiger charge is -2.33. The highest BCUT2D eigenvalue weighted by atomic mass is 19.4. The van der Waals surface area contributed by atoms with E-state index in [4.69, 9.17) is 4.74 Å². The molecule has 4 heterocycles. The first-order valence-electron chi connectivity index (χ1n) is 8.96. The number of rotatable bonds is 4. The molecule has 0 atom stereocenters. The van der Waals surface area contributed by atoms with E-state index in [1.165, 1.54) is 12.4 Å². The number of pyridine rings is 2. The topological polar surface area (TPSA) is 64.0 Å². The first kappa shape index (κ1) is 18.4. The first-order valence-corrected chi connectivity index (χ1v) is 8.96. The van der Waals surface area contributed by atoms with Gasteiger partial charge in [0, 0.05) is 36.9 Å². The van der Waals surface area contributed by atoms with Crippen LogP contribution in [0.5, 0.6) is 5.75 Å². The molecule has 0 N–H and O–H groups in total. The van der Waals surface area contributed by atoms with Crippen LogP contribution in [0.15, 0.2) is 43.1 Å². The predicted molar refractivity (Wildman–Crippen MR) is 97.0 cm³/mol. The number of hydrogen-bond donors (Lipinski definition) is 0. The minimum atomic E-state index is -4.47. The molecular formula is C19H18F3N5O. The third-order valence-electron chi connectivity index (χ3n) is 4.84. The summed E-state index contributed by atoms with van der Waals surface area (Å²) in [6.45, 7) is 1.98. The second-order valence-corrected chi connectivity index (χ2v) is 6.71. The second kappa shape index (κ2) is 7.57. The lowest BCUT2D eigenvalue weighted by molar-refractivity contribution is -0.141. The fourth-order valence-corrected chi connectivity index (χ4v) is 3.33. The van der Waals surface area contributed by atoms with Crippen molar-refractivity contribution in [3.05, 3.63) is 48.8 Å². The summed E-state index contributed by atoms with van der Waals surface area (Å²) in [6, 6.07) is 4.29. The summed E-state index contributed by atoms with van der Waals surface area (Å²) in [7, 11) is 0. The minimum absolute atomic E-state index is 0.194. The lowest BCUT2D eigenvalue weighted by Crippen LogP contribution is -2.36. The van der Waals surface area contributed by atoms with Gasteiger partial charge in [-0.15, -0.1) is 0 Å². The van der Waals surface area contributed by atoms with Crippen molar-refractivity contribution in [1.29, 1.82) is 0 Å². The van der Waals surface area contributed by atoms with E-state index >= 15 is 0 Å². The van der Waals surface area contributed by atoms with E-state index in [0.717, 1.165) is 54.9 Å². The number of ether oxygens (including phenoxy) is 1. The zero-order valence-electron chi connectivity index (χ0n) is 14.9. The quantitative estimate of drug-likeness (QED) is 0.678. The molecule has 3 aromatic rings. The number of anilines is 1. The van der Waals surface area contributed by atoms with Crippen LogP contribution in [0.25, 0.3) is 10.9 Å². The fourth-order valence-electron chi connectivity index (χ4n) is 3.33. The molecule has 1 fully saturated rings. The highest BCUT2D eigenvalue weighted by Crippen LogP contribution is 2.30. The van der Waals surface area contributed by atoms with Gasteiger partial charge in [0.15, 0.2) is 0 Å². The Hall–Kier alpha value is -2.97. The molecule has 0 aromatic carbocycles. The van der Waals surface area contributed by atoms with Gasteiger partial charge in [-0.2, -0.15) is 13.2 Å². The van der Waals surface area contributed by atoms with Gasteiger partial charge in [0.1, 0.15) is 23.6 Å². The van der Waals surface area contributed by atoms with Gasteiger partial charge in [-0.25, -0.2) is 9.97 Å². The Labute approximate surface area is 159 Å². The molecule has 3 aromatic heterocycles. The summed E-state index contributed by atoms with van der Waals surface area (Å²) in [5.74, 6) is 1.35. The van der Waals surface area contributed by atoms with Crippen molar-refractivity contribution < 1.29 is 17.9 Å². The van der Waals surface area contributed by atoms with Crippen molar-refractivity contribution in [2.45, 2.75) is 19.0 Å². The Kier molecular flexibility index (Phi) is 4.97. The van der Waals surface area contributed by atoms with E-state index in [9.17, 15) is 13.2 Å². The van der Waals surface area contributed by atoms with Crippen LogP contribution in [0.1, 0.15) is 18.5 Å². The molecule has 0 unspecified atom stereocenters. The van der Waals surface area contributed by atoms with E-state index in [1.54, 1.807) is 12.4 Å². The van der Waals surface area contributed by atoms with Crippen LogP contribution in [-0.2, 0) is 6.18 Å². The van der Waals surface area contributed by atoms with Crippen LogP contribution < -0.4 is 9.64 Å². The summed E-state index contributed by atoms with van der Waals surface area (Å²) >= 11 is 0. The normalized spacial score (nSPS) is 15.8. The molecule has 6 nitrogen and oxygen atoms in total. The Morgan fingerprint density at radius 1 is 1.07 bits per heavy atom. The lowest BCUT2D eigenvalue weighted by atomic mass is 9.97. The zero-order valence-corrected chi connectivity index (χ0v) is 14.9. The summed E-state index contributed by atoms with van der Waals surface area (Å²) in [5.41, 5.74) is -0.138. The molecule has 1 aliphatic rings. The molecule has 28 heavy (non-hydrogen) atoms. The van der Waals surface area contributed by atoms with Crippen LogP contribution in [0.2, 0.25) is 0 Å². The number of nitrogens with zero attached hydrogens (tertiary/aromatic N) is 5. The first-order chi connectivity index (χ1) is 13.5. The number of hydrogen-bond acceptors (Lipinski definition) is 6. The number of aromatic nitrogens is 4. The van der Waals surface area contributed by atoms with Crippen molar-refractivity contribution in [3.8, 4) is 5.75 Å². The highest BCUT2D eigenvalue weighted by Gasteiger charge is 2.32. The van der Waals surface area contributed by atoms with Gasteiger partial charge in [-0.05, 0) is 30.9 Å². The van der Waals surface area contributed by atoms with E-state index in [0.29, 0.717) is 6.61 Å². The zero-order chi connectivity index (χ0) is 19.6. The average Bonchev–Trinajstić information content (AvgIpc) is 2.72. The largest absolute Gasteiger partial charge is 0.493 e. The molecule has 0 saturated carbocycles. The molecule has 4 rings (SSSR count). The summed E-state index contributed by atoms with van der Waals surface area (Å²) in [4.78, 5) is 18.3. The molecule has 0 radical (unpaired) electrons. The van der Waals surface area contributed by atoms with Crippen LogP contribution >= 0.6 is 0 Å². The SMILES string of the molecule is FC(F)(F)c1cc(OCC2CCN(c3ncnc4cnccc34)CC2)ccn1. The summed E-state index contributed by atoms with van der Waals surface area (Å²) < 4.78 is 43.8. The van der Waals surface area contributed by atoms with E-state index in [-0.39, 0.29) is 11.7 Å². The second-order valence-electron chi connectivity index (χ2n) is 6.71. The minimum Gasteiger partial charge on any atom is -0.493 e. The number of alkyl halides is 3. The maximum Gasteiger partial charge on any atom is 0.433 e. The fraction of sp³-hybridized carbons (Fsp3) is 0.368. The summed E-state index contributed by atoms with van der Waals surface area (Å²) in [6.07, 6.45) is 3.36. The highest BCUT2D eigenvalue weighted by molar-refractivity contribution is 5.88. The summed E-state index contributed by atoms with van der Waals surface area (Å²) in [5, 5.41) is 0.962. The number of halogens is 3. The van der Waals surface area contributed by atoms with Crippen molar-refractivity contribution >= 4 is 16.7 Å². The molecule has 0 spiro atoms. The van der Waals surface area contributed by atoms with Gasteiger partial charge in [-0.3, -0.25) is 9.97 Å². The van der Waals surface area contributed by atoms with Gasteiger partial charge >= 0.3 is 6.18 Å². The molecule has 9 heteroatoms. The molecular weight excluding hydrogens is 371 g/mol. The van der Waals surface area contributed by atoms with Crippen molar-refractivity contribution in [1.82, 2.24) is 19.9 Å². The van der Waals surface area contributed by atoms with E-state index in [1.807, 2.05) is 6.07 Å². The van der Waals surface area contributed by atoms with Crippen LogP contribution in [0.4, 0.5) is 19.0 Å². The molecule has 1 saturated heterocycles. The maximum atomic E-state index is 12.7. The Morgan fingerprint density at radius 3 is 2.68 bits per heavy atom. The van der Waals surface area contributed by atoms with Crippen LogP contribution in [-0.4, -0.2) is 39.6 Å². The predicted octanol–water partition coefficient (Wildman–Crippen LogP) is 3.73. The molecule has 146 valence electrons. The molecule has 0 bridgehead atoms. The number of fused-ring (bicyclic) bond motifs is 1. The smallest absolute Gasteiger partial charge is 0.433 e. The van der Waals surface area contributed by atoms with Gasteiger partial charge in [0.2, 0.25) is 0 Å². The standard InChI is InChI=1S/C19H18F3N5O/c20-19(21,22)17-9-14(1-6-24-17)28-11-13-3-7-27(8-4-13)18-15-2-5-23-10-16(15)25-12-26-18/h1-2,5-6,9-10,12-13H,3-4,7-8,11H2. The van der Waals surface area contributed by atoms with E-state index < -0.39 is 11.9 Å². The Bertz CT molecular complexity index is 952. The Morgan fingerprint density at radius 2 is 1.89 bits per heavy atom. The molecule has 0 aliphatic carbocycles. The van der Waals surface area contributed by atoms with Gasteiger partial charge in [-0.1, -0.05) is 0 Å². The van der Waals surface area contributed by atoms with Gasteiger partial charge in [0.25, 0.3) is 0 Å². The van der Waals surface area contributed by atoms with Crippen LogP contribution in [0.3, 0.4) is 0 Å². The van der Waals surface area contributed by atoms with Gasteiger partial charge < -0.3 is 9.64 Å². The van der Waals surface area contributed by atoms with Crippen LogP contribution in [0, 0.1) is 5.92 Å². The Balaban J connectivity index is 1.36. The monoisotopic (exact) mass is 389 g/mol. The third kappa shape index (κ3) is 3.97. The molecule has 1 aliphatic heterocycles.